The van der Waals surface area contributed by atoms with Gasteiger partial charge in [-0.2, -0.15) is 0 Å². The molecule has 2 rings (SSSR count). The van der Waals surface area contributed by atoms with Crippen LogP contribution >= 0.6 is 55.8 Å². The van der Waals surface area contributed by atoms with Crippen molar-refractivity contribution >= 4 is 65.9 Å². The zero-order valence-electron chi connectivity index (χ0n) is 5.84. The van der Waals surface area contributed by atoms with Crippen LogP contribution in [0.5, 0.6) is 0 Å². The molecule has 2 aromatic rings. The normalized spacial score (nSPS) is 10.9. The van der Waals surface area contributed by atoms with Crippen LogP contribution in [0.2, 0.25) is 0 Å². The van der Waals surface area contributed by atoms with Crippen molar-refractivity contribution in [3.63, 3.8) is 0 Å². The number of thiol groups is 1. The summed E-state index contributed by atoms with van der Waals surface area (Å²) in [5.41, 5.74) is 0. The molecule has 0 nitrogen and oxygen atoms in total. The third kappa shape index (κ3) is 1.35. The minimum atomic E-state index is 1.00. The van der Waals surface area contributed by atoms with Gasteiger partial charge >= 0.3 is 0 Å². The second kappa shape index (κ2) is 3.33. The molecule has 1 aromatic heterocycles. The Morgan fingerprint density at radius 3 is 2.67 bits per heavy atom. The van der Waals surface area contributed by atoms with E-state index >= 15 is 0 Å². The van der Waals surface area contributed by atoms with Gasteiger partial charge in [0.05, 0.1) is 0 Å². The van der Waals surface area contributed by atoms with E-state index in [0.29, 0.717) is 0 Å². The highest BCUT2D eigenvalue weighted by Crippen LogP contribution is 2.38. The fraction of sp³-hybridized carbons (Fsp3) is 0. The van der Waals surface area contributed by atoms with Gasteiger partial charge in [-0.3, -0.25) is 0 Å². The van der Waals surface area contributed by atoms with Gasteiger partial charge in [0, 0.05) is 29.3 Å². The van der Waals surface area contributed by atoms with Crippen LogP contribution in [0.3, 0.4) is 0 Å². The standard InChI is InChI=1S/C8H4Br2S2/c9-4-1-2-6-7(8(4)11)5(10)3-12-6/h1-3,11H. The van der Waals surface area contributed by atoms with Crippen LogP contribution < -0.4 is 0 Å². The number of halogens is 2. The van der Waals surface area contributed by atoms with E-state index in [0.717, 1.165) is 13.8 Å². The minimum absolute atomic E-state index is 1.00. The van der Waals surface area contributed by atoms with Crippen molar-refractivity contribution in [1.82, 2.24) is 0 Å². The first-order valence-electron chi connectivity index (χ1n) is 3.24. The average Bonchev–Trinajstić information content (AvgIpc) is 2.41. The molecule has 1 heterocycles. The highest BCUT2D eigenvalue weighted by Gasteiger charge is 2.06. The summed E-state index contributed by atoms with van der Waals surface area (Å²) < 4.78 is 3.42. The lowest BCUT2D eigenvalue weighted by Crippen LogP contribution is -1.71. The largest absolute Gasteiger partial charge is 0.143 e. The second-order valence-electron chi connectivity index (χ2n) is 2.35. The van der Waals surface area contributed by atoms with Gasteiger partial charge < -0.3 is 0 Å². The third-order valence-electron chi connectivity index (χ3n) is 1.62. The molecule has 0 fully saturated rings. The summed E-state index contributed by atoms with van der Waals surface area (Å²) in [4.78, 5) is 1.00. The van der Waals surface area contributed by atoms with Crippen molar-refractivity contribution < 1.29 is 0 Å². The molecule has 62 valence electrons. The maximum atomic E-state index is 4.43. The summed E-state index contributed by atoms with van der Waals surface area (Å²) in [5.74, 6) is 0. The van der Waals surface area contributed by atoms with Crippen molar-refractivity contribution in [1.29, 1.82) is 0 Å². The van der Waals surface area contributed by atoms with Crippen molar-refractivity contribution in [2.75, 3.05) is 0 Å². The Morgan fingerprint density at radius 2 is 1.92 bits per heavy atom. The molecule has 12 heavy (non-hydrogen) atoms. The van der Waals surface area contributed by atoms with E-state index in [9.17, 15) is 0 Å². The van der Waals surface area contributed by atoms with Crippen LogP contribution in [-0.4, -0.2) is 0 Å². The zero-order chi connectivity index (χ0) is 8.72. The van der Waals surface area contributed by atoms with Gasteiger partial charge in [-0.15, -0.1) is 24.0 Å². The molecule has 1 aromatic carbocycles. The Morgan fingerprint density at radius 1 is 1.17 bits per heavy atom. The van der Waals surface area contributed by atoms with Gasteiger partial charge in [0.1, 0.15) is 0 Å². The zero-order valence-corrected chi connectivity index (χ0v) is 10.7. The Bertz CT molecular complexity index is 434. The van der Waals surface area contributed by atoms with Crippen molar-refractivity contribution in [3.8, 4) is 0 Å². The number of rotatable bonds is 0. The molecule has 0 spiro atoms. The molecule has 0 amide bonds. The highest BCUT2D eigenvalue weighted by atomic mass is 79.9. The fourth-order valence-corrected chi connectivity index (χ4v) is 3.57. The molecule has 0 saturated heterocycles. The number of hydrogen-bond donors (Lipinski definition) is 1. The first kappa shape index (κ1) is 9.06. The van der Waals surface area contributed by atoms with Crippen LogP contribution in [0.25, 0.3) is 10.1 Å². The van der Waals surface area contributed by atoms with E-state index in [-0.39, 0.29) is 0 Å². The van der Waals surface area contributed by atoms with Gasteiger partial charge in [-0.25, -0.2) is 0 Å². The number of hydrogen-bond acceptors (Lipinski definition) is 2. The first-order valence-corrected chi connectivity index (χ1v) is 6.15. The first-order chi connectivity index (χ1) is 5.70. The van der Waals surface area contributed by atoms with Crippen LogP contribution in [0.15, 0.2) is 31.4 Å². The summed E-state index contributed by atoms with van der Waals surface area (Å²) in [6, 6.07) is 4.11. The Kier molecular flexibility index (Phi) is 2.51. The van der Waals surface area contributed by atoms with E-state index in [2.05, 4.69) is 55.9 Å². The molecule has 0 unspecified atom stereocenters. The Hall–Kier alpha value is 0.490. The van der Waals surface area contributed by atoms with Crippen molar-refractivity contribution in [2.45, 2.75) is 4.90 Å². The lowest BCUT2D eigenvalue weighted by molar-refractivity contribution is 1.51. The van der Waals surface area contributed by atoms with E-state index in [1.54, 1.807) is 11.3 Å². The summed E-state index contributed by atoms with van der Waals surface area (Å²) in [6.45, 7) is 0. The van der Waals surface area contributed by atoms with Gasteiger partial charge in [0.2, 0.25) is 0 Å². The van der Waals surface area contributed by atoms with Crippen molar-refractivity contribution in [2.24, 2.45) is 0 Å². The van der Waals surface area contributed by atoms with Gasteiger partial charge in [0.25, 0.3) is 0 Å². The quantitative estimate of drug-likeness (QED) is 0.667. The summed E-state index contributed by atoms with van der Waals surface area (Å²) in [5, 5.41) is 3.27. The molecule has 0 aliphatic rings. The number of thiophene rings is 1. The van der Waals surface area contributed by atoms with E-state index in [1.807, 2.05) is 6.07 Å². The Balaban J connectivity index is 2.96. The summed E-state index contributed by atoms with van der Waals surface area (Å²) in [6.07, 6.45) is 0. The lowest BCUT2D eigenvalue weighted by atomic mass is 10.3. The molecule has 0 radical (unpaired) electrons. The highest BCUT2D eigenvalue weighted by molar-refractivity contribution is 9.11. The average molecular weight is 324 g/mol. The predicted molar refractivity (Wildman–Crippen MR) is 64.5 cm³/mol. The van der Waals surface area contributed by atoms with Crippen LogP contribution in [0, 0.1) is 0 Å². The van der Waals surface area contributed by atoms with E-state index in [1.165, 1.54) is 10.1 Å². The third-order valence-corrected chi connectivity index (χ3v) is 4.93. The number of benzene rings is 1. The van der Waals surface area contributed by atoms with Gasteiger partial charge in [-0.1, -0.05) is 0 Å². The molecular formula is C8H4Br2S2. The van der Waals surface area contributed by atoms with Crippen LogP contribution in [0.4, 0.5) is 0 Å². The van der Waals surface area contributed by atoms with Crippen LogP contribution in [-0.2, 0) is 0 Å². The topological polar surface area (TPSA) is 0 Å². The van der Waals surface area contributed by atoms with Gasteiger partial charge in [-0.05, 0) is 44.0 Å². The monoisotopic (exact) mass is 322 g/mol. The molecule has 0 N–H and O–H groups in total. The Labute approximate surface area is 96.6 Å². The van der Waals surface area contributed by atoms with Gasteiger partial charge in [0.15, 0.2) is 0 Å². The molecular weight excluding hydrogens is 320 g/mol. The minimum Gasteiger partial charge on any atom is -0.143 e. The fourth-order valence-electron chi connectivity index (χ4n) is 1.05. The molecule has 0 bridgehead atoms. The molecule has 0 aliphatic heterocycles. The maximum Gasteiger partial charge on any atom is 0.0372 e. The lowest BCUT2D eigenvalue weighted by Gasteiger charge is -1.98. The molecule has 0 saturated carbocycles. The maximum absolute atomic E-state index is 4.43. The van der Waals surface area contributed by atoms with E-state index < -0.39 is 0 Å². The molecule has 4 heteroatoms. The summed E-state index contributed by atoms with van der Waals surface area (Å²) >= 11 is 13.1. The van der Waals surface area contributed by atoms with Crippen molar-refractivity contribution in [3.05, 3.63) is 26.5 Å². The van der Waals surface area contributed by atoms with Crippen LogP contribution in [0.1, 0.15) is 0 Å². The second-order valence-corrected chi connectivity index (χ2v) is 5.42. The summed E-state index contributed by atoms with van der Waals surface area (Å²) in [7, 11) is 0. The predicted octanol–water partition coefficient (Wildman–Crippen LogP) is 4.72. The van der Waals surface area contributed by atoms with E-state index in [4.69, 9.17) is 0 Å². The SMILES string of the molecule is Sc1c(Br)ccc2scc(Br)c12. The smallest absolute Gasteiger partial charge is 0.0372 e. The number of fused-ring (bicyclic) bond motifs is 1. The molecule has 0 atom stereocenters. The molecule has 0 aliphatic carbocycles.